The maximum atomic E-state index is 11.9. The Bertz CT molecular complexity index is 580. The zero-order valence-corrected chi connectivity index (χ0v) is 13.1. The van der Waals surface area contributed by atoms with Crippen molar-refractivity contribution in [2.24, 2.45) is 5.41 Å². The molecular formula is C17H21NO5. The smallest absolute Gasteiger partial charge is 0.408 e. The molecule has 1 atom stereocenters. The largest absolute Gasteiger partial charge is 0.467 e. The van der Waals surface area contributed by atoms with Gasteiger partial charge in [-0.05, 0) is 36.7 Å². The third-order valence-corrected chi connectivity index (χ3v) is 4.74. The number of esters is 1. The highest BCUT2D eigenvalue weighted by atomic mass is 16.6. The van der Waals surface area contributed by atoms with Crippen molar-refractivity contribution >= 4 is 12.1 Å². The Morgan fingerprint density at radius 1 is 1.26 bits per heavy atom. The quantitative estimate of drug-likeness (QED) is 0.781. The van der Waals surface area contributed by atoms with Gasteiger partial charge in [-0.2, -0.15) is 0 Å². The lowest BCUT2D eigenvalue weighted by atomic mass is 9.40. The van der Waals surface area contributed by atoms with E-state index >= 15 is 0 Å². The van der Waals surface area contributed by atoms with Crippen LogP contribution in [0.1, 0.15) is 31.2 Å². The van der Waals surface area contributed by atoms with Crippen molar-refractivity contribution in [2.75, 3.05) is 7.11 Å². The van der Waals surface area contributed by atoms with Gasteiger partial charge in [0.25, 0.3) is 0 Å². The zero-order chi connectivity index (χ0) is 16.5. The van der Waals surface area contributed by atoms with Crippen LogP contribution in [0.4, 0.5) is 4.79 Å². The molecule has 0 aliphatic heterocycles. The second-order valence-corrected chi connectivity index (χ2v) is 6.74. The van der Waals surface area contributed by atoms with Crippen molar-refractivity contribution in [3.8, 4) is 0 Å². The molecule has 3 aliphatic rings. The molecule has 6 nitrogen and oxygen atoms in total. The van der Waals surface area contributed by atoms with Crippen molar-refractivity contribution in [2.45, 2.75) is 43.9 Å². The molecule has 124 valence electrons. The second-order valence-electron chi connectivity index (χ2n) is 6.74. The van der Waals surface area contributed by atoms with Crippen LogP contribution in [0.5, 0.6) is 0 Å². The lowest BCUT2D eigenvalue weighted by Gasteiger charge is -2.68. The Morgan fingerprint density at radius 3 is 2.48 bits per heavy atom. The van der Waals surface area contributed by atoms with Crippen LogP contribution in [0.3, 0.4) is 0 Å². The fourth-order valence-corrected chi connectivity index (χ4v) is 3.83. The first-order valence-electron chi connectivity index (χ1n) is 7.71. The molecule has 0 heterocycles. The minimum Gasteiger partial charge on any atom is -0.467 e. The van der Waals surface area contributed by atoms with Crippen LogP contribution in [0.15, 0.2) is 30.3 Å². The molecule has 0 unspecified atom stereocenters. The summed E-state index contributed by atoms with van der Waals surface area (Å²) in [4.78, 5) is 23.8. The van der Waals surface area contributed by atoms with Gasteiger partial charge in [0.1, 0.15) is 12.6 Å². The second kappa shape index (κ2) is 5.85. The standard InChI is InChI=1S/C17H21NO5/c1-22-14(19)13(7-16-9-17(21,10-16)11-16)18-15(20)23-8-12-5-3-2-4-6-12/h2-6,13,21H,7-11H2,1H3,(H,18,20)/t13-,16?,17?/m0/s1. The minimum absolute atomic E-state index is 0.0414. The summed E-state index contributed by atoms with van der Waals surface area (Å²) >= 11 is 0. The van der Waals surface area contributed by atoms with Crippen LogP contribution in [0.25, 0.3) is 0 Å². The van der Waals surface area contributed by atoms with E-state index in [1.165, 1.54) is 7.11 Å². The van der Waals surface area contributed by atoms with Crippen molar-refractivity contribution in [3.05, 3.63) is 35.9 Å². The van der Waals surface area contributed by atoms with Gasteiger partial charge in [-0.3, -0.25) is 0 Å². The first-order chi connectivity index (χ1) is 10.9. The maximum absolute atomic E-state index is 11.9. The summed E-state index contributed by atoms with van der Waals surface area (Å²) in [7, 11) is 1.29. The minimum atomic E-state index is -0.742. The number of methoxy groups -OCH3 is 1. The Labute approximate surface area is 134 Å². The molecule has 23 heavy (non-hydrogen) atoms. The monoisotopic (exact) mass is 319 g/mol. The van der Waals surface area contributed by atoms with E-state index in [1.54, 1.807) is 0 Å². The molecule has 3 aliphatic carbocycles. The van der Waals surface area contributed by atoms with Crippen LogP contribution in [0.2, 0.25) is 0 Å². The van der Waals surface area contributed by atoms with Crippen LogP contribution < -0.4 is 5.32 Å². The van der Waals surface area contributed by atoms with Gasteiger partial charge in [0.15, 0.2) is 0 Å². The number of amides is 1. The maximum Gasteiger partial charge on any atom is 0.408 e. The van der Waals surface area contributed by atoms with E-state index in [0.29, 0.717) is 25.7 Å². The van der Waals surface area contributed by atoms with Crippen LogP contribution in [-0.4, -0.2) is 35.9 Å². The summed E-state index contributed by atoms with van der Waals surface area (Å²) in [5, 5.41) is 12.4. The average Bonchev–Trinajstić information content (AvgIpc) is 2.49. The summed E-state index contributed by atoms with van der Waals surface area (Å²) in [5.41, 5.74) is 0.299. The fourth-order valence-electron chi connectivity index (χ4n) is 3.83. The van der Waals surface area contributed by atoms with Gasteiger partial charge in [0, 0.05) is 0 Å². The third kappa shape index (κ3) is 3.32. The van der Waals surface area contributed by atoms with Crippen molar-refractivity contribution in [3.63, 3.8) is 0 Å². The van der Waals surface area contributed by atoms with Crippen molar-refractivity contribution in [1.82, 2.24) is 5.32 Å². The highest BCUT2D eigenvalue weighted by Gasteiger charge is 2.67. The van der Waals surface area contributed by atoms with Crippen LogP contribution in [0, 0.1) is 5.41 Å². The van der Waals surface area contributed by atoms with Gasteiger partial charge in [-0.25, -0.2) is 9.59 Å². The number of carbonyl (C=O) groups is 2. The summed E-state index contributed by atoms with van der Waals surface area (Å²) in [6.07, 6.45) is 1.90. The molecule has 0 aromatic heterocycles. The van der Waals surface area contributed by atoms with E-state index in [9.17, 15) is 14.7 Å². The summed E-state index contributed by atoms with van der Waals surface area (Å²) in [6.45, 7) is 0.144. The van der Waals surface area contributed by atoms with Gasteiger partial charge in [-0.15, -0.1) is 0 Å². The predicted octanol–water partition coefficient (Wildman–Crippen LogP) is 1.76. The van der Waals surface area contributed by atoms with E-state index in [0.717, 1.165) is 5.56 Å². The number of carbonyl (C=O) groups excluding carboxylic acids is 2. The number of hydrogen-bond acceptors (Lipinski definition) is 5. The molecule has 0 radical (unpaired) electrons. The van der Waals surface area contributed by atoms with Gasteiger partial charge < -0.3 is 19.9 Å². The number of alkyl carbamates (subject to hydrolysis) is 1. The van der Waals surface area contributed by atoms with Gasteiger partial charge >= 0.3 is 12.1 Å². The molecule has 3 fully saturated rings. The molecule has 3 saturated carbocycles. The summed E-state index contributed by atoms with van der Waals surface area (Å²) in [5.74, 6) is -0.488. The first-order valence-corrected chi connectivity index (χ1v) is 7.71. The van der Waals surface area contributed by atoms with E-state index in [-0.39, 0.29) is 12.0 Å². The Hall–Kier alpha value is -2.08. The van der Waals surface area contributed by atoms with Crippen LogP contribution in [-0.2, 0) is 20.9 Å². The molecule has 2 N–H and O–H groups in total. The topological polar surface area (TPSA) is 84.9 Å². The number of rotatable bonds is 6. The lowest BCUT2D eigenvalue weighted by molar-refractivity contribution is -0.264. The van der Waals surface area contributed by atoms with E-state index in [2.05, 4.69) is 5.32 Å². The highest BCUT2D eigenvalue weighted by molar-refractivity contribution is 5.81. The van der Waals surface area contributed by atoms with Gasteiger partial charge in [0.2, 0.25) is 0 Å². The van der Waals surface area contributed by atoms with E-state index < -0.39 is 23.7 Å². The molecule has 2 bridgehead atoms. The molecule has 0 spiro atoms. The number of ether oxygens (including phenoxy) is 2. The number of aliphatic hydroxyl groups is 1. The molecule has 6 heteroatoms. The van der Waals surface area contributed by atoms with Crippen LogP contribution >= 0.6 is 0 Å². The van der Waals surface area contributed by atoms with E-state index in [4.69, 9.17) is 9.47 Å². The predicted molar refractivity (Wildman–Crippen MR) is 81.4 cm³/mol. The summed E-state index contributed by atoms with van der Waals surface area (Å²) in [6, 6.07) is 8.58. The number of benzene rings is 1. The molecule has 1 aromatic carbocycles. The summed E-state index contributed by atoms with van der Waals surface area (Å²) < 4.78 is 9.91. The Balaban J connectivity index is 1.51. The molecule has 1 aromatic rings. The highest BCUT2D eigenvalue weighted by Crippen LogP contribution is 2.69. The van der Waals surface area contributed by atoms with Gasteiger partial charge in [0.05, 0.1) is 12.7 Å². The molecule has 1 amide bonds. The van der Waals surface area contributed by atoms with Crippen molar-refractivity contribution < 1.29 is 24.2 Å². The fraction of sp³-hybridized carbons (Fsp3) is 0.529. The van der Waals surface area contributed by atoms with Crippen molar-refractivity contribution in [1.29, 1.82) is 0 Å². The molecule has 4 rings (SSSR count). The third-order valence-electron chi connectivity index (χ3n) is 4.74. The Morgan fingerprint density at radius 2 is 1.91 bits per heavy atom. The number of nitrogens with one attached hydrogen (secondary N) is 1. The molecular weight excluding hydrogens is 298 g/mol. The zero-order valence-electron chi connectivity index (χ0n) is 13.1. The molecule has 0 saturated heterocycles. The first kappa shape index (κ1) is 15.8. The Kier molecular flexibility index (Phi) is 4.02. The average molecular weight is 319 g/mol. The normalized spacial score (nSPS) is 28.8. The lowest BCUT2D eigenvalue weighted by Crippen LogP contribution is -2.68. The number of hydrogen-bond donors (Lipinski definition) is 2. The van der Waals surface area contributed by atoms with Gasteiger partial charge in [-0.1, -0.05) is 30.3 Å². The van der Waals surface area contributed by atoms with E-state index in [1.807, 2.05) is 30.3 Å². The SMILES string of the molecule is COC(=O)[C@H](CC12CC(O)(C1)C2)NC(=O)OCc1ccccc1.